The second-order valence-electron chi connectivity index (χ2n) is 6.40. The molecule has 0 saturated carbocycles. The summed E-state index contributed by atoms with van der Waals surface area (Å²) in [5.74, 6) is 1.06. The molecular formula is C19H20N4O2. The molecule has 3 aromatic rings. The summed E-state index contributed by atoms with van der Waals surface area (Å²) in [6.07, 6.45) is 6.22. The highest BCUT2D eigenvalue weighted by Crippen LogP contribution is 2.28. The summed E-state index contributed by atoms with van der Waals surface area (Å²) < 4.78 is 5.14. The van der Waals surface area contributed by atoms with Crippen LogP contribution in [0.25, 0.3) is 10.9 Å². The normalized spacial score (nSPS) is 15.6. The Morgan fingerprint density at radius 2 is 2.12 bits per heavy atom. The van der Waals surface area contributed by atoms with Crippen LogP contribution in [0, 0.1) is 0 Å². The van der Waals surface area contributed by atoms with Gasteiger partial charge in [-0.25, -0.2) is 0 Å². The molecule has 0 spiro atoms. The number of hydrogen-bond acceptors (Lipinski definition) is 5. The Balaban J connectivity index is 1.44. The molecule has 3 aromatic heterocycles. The van der Waals surface area contributed by atoms with Gasteiger partial charge in [0.15, 0.2) is 5.69 Å². The first-order valence-electron chi connectivity index (χ1n) is 8.70. The molecule has 1 fully saturated rings. The number of carbonyl (C=O) groups is 1. The third kappa shape index (κ3) is 3.12. The maximum Gasteiger partial charge on any atom is 0.276 e. The number of carbonyl (C=O) groups excluding carboxylic acids is 1. The van der Waals surface area contributed by atoms with Crippen LogP contribution in [0.4, 0.5) is 0 Å². The second-order valence-corrected chi connectivity index (χ2v) is 6.40. The van der Waals surface area contributed by atoms with Gasteiger partial charge in [-0.2, -0.15) is 0 Å². The predicted octanol–water partition coefficient (Wildman–Crippen LogP) is 3.20. The van der Waals surface area contributed by atoms with Gasteiger partial charge in [0.2, 0.25) is 0 Å². The monoisotopic (exact) mass is 336 g/mol. The maximum atomic E-state index is 12.5. The molecule has 4 rings (SSSR count). The van der Waals surface area contributed by atoms with Gasteiger partial charge in [0.05, 0.1) is 5.52 Å². The fourth-order valence-electron chi connectivity index (χ4n) is 3.33. The fraction of sp³-hybridized carbons (Fsp3) is 0.368. The van der Waals surface area contributed by atoms with Crippen molar-refractivity contribution in [3.05, 3.63) is 53.8 Å². The van der Waals surface area contributed by atoms with Gasteiger partial charge in [-0.3, -0.25) is 14.8 Å². The third-order valence-corrected chi connectivity index (χ3v) is 4.84. The van der Waals surface area contributed by atoms with E-state index >= 15 is 0 Å². The highest BCUT2D eigenvalue weighted by molar-refractivity contribution is 5.92. The number of aromatic nitrogens is 3. The Morgan fingerprint density at radius 3 is 2.88 bits per heavy atom. The SMILES string of the molecule is CCc1cc(C(=O)N2CCC(c3cc4ncccc4cn3)CC2)no1. The summed E-state index contributed by atoms with van der Waals surface area (Å²) in [5.41, 5.74) is 2.44. The number of pyridine rings is 2. The van der Waals surface area contributed by atoms with Crippen molar-refractivity contribution >= 4 is 16.8 Å². The average Bonchev–Trinajstić information content (AvgIpc) is 3.16. The number of rotatable bonds is 3. The number of amides is 1. The molecule has 128 valence electrons. The van der Waals surface area contributed by atoms with E-state index in [1.807, 2.05) is 30.2 Å². The van der Waals surface area contributed by atoms with Crippen LogP contribution in [0.15, 0.2) is 41.2 Å². The van der Waals surface area contributed by atoms with E-state index in [1.165, 1.54) is 0 Å². The lowest BCUT2D eigenvalue weighted by Crippen LogP contribution is -2.38. The maximum absolute atomic E-state index is 12.5. The topological polar surface area (TPSA) is 72.1 Å². The fourth-order valence-corrected chi connectivity index (χ4v) is 3.33. The van der Waals surface area contributed by atoms with E-state index in [9.17, 15) is 4.79 Å². The molecule has 1 aliphatic rings. The van der Waals surface area contributed by atoms with E-state index in [-0.39, 0.29) is 5.91 Å². The number of aryl methyl sites for hydroxylation is 1. The van der Waals surface area contributed by atoms with Gasteiger partial charge in [0.25, 0.3) is 5.91 Å². The van der Waals surface area contributed by atoms with Crippen LogP contribution in [0.3, 0.4) is 0 Å². The average molecular weight is 336 g/mol. The van der Waals surface area contributed by atoms with Crippen LogP contribution in [0.1, 0.15) is 47.6 Å². The highest BCUT2D eigenvalue weighted by atomic mass is 16.5. The number of nitrogens with zero attached hydrogens (tertiary/aromatic N) is 4. The van der Waals surface area contributed by atoms with Crippen LogP contribution in [-0.4, -0.2) is 39.0 Å². The molecule has 6 heteroatoms. The number of fused-ring (bicyclic) bond motifs is 1. The Morgan fingerprint density at radius 1 is 1.28 bits per heavy atom. The van der Waals surface area contributed by atoms with Crippen molar-refractivity contribution in [1.82, 2.24) is 20.0 Å². The minimum Gasteiger partial charge on any atom is -0.361 e. The van der Waals surface area contributed by atoms with Crippen molar-refractivity contribution in [3.63, 3.8) is 0 Å². The molecule has 1 amide bonds. The molecular weight excluding hydrogens is 316 g/mol. The third-order valence-electron chi connectivity index (χ3n) is 4.84. The smallest absolute Gasteiger partial charge is 0.276 e. The lowest BCUT2D eigenvalue weighted by molar-refractivity contribution is 0.0701. The van der Waals surface area contributed by atoms with Crippen molar-refractivity contribution in [1.29, 1.82) is 0 Å². The molecule has 4 heterocycles. The molecule has 0 aliphatic carbocycles. The largest absolute Gasteiger partial charge is 0.361 e. The molecule has 0 aromatic carbocycles. The standard InChI is InChI=1S/C19H20N4O2/c1-2-15-10-18(22-25-15)19(24)23-8-5-13(6-9-23)16-11-17-14(12-21-16)4-3-7-20-17/h3-4,7,10-13H,2,5-6,8-9H2,1H3. The zero-order chi connectivity index (χ0) is 17.2. The Labute approximate surface area is 145 Å². The summed E-state index contributed by atoms with van der Waals surface area (Å²) in [5, 5.41) is 4.94. The van der Waals surface area contributed by atoms with Gasteiger partial charge in [-0.05, 0) is 31.0 Å². The molecule has 6 nitrogen and oxygen atoms in total. The van der Waals surface area contributed by atoms with Crippen molar-refractivity contribution in [3.8, 4) is 0 Å². The quantitative estimate of drug-likeness (QED) is 0.734. The van der Waals surface area contributed by atoms with E-state index in [0.29, 0.717) is 24.7 Å². The van der Waals surface area contributed by atoms with Crippen LogP contribution in [-0.2, 0) is 6.42 Å². The Hall–Kier alpha value is -2.76. The molecule has 1 aliphatic heterocycles. The second kappa shape index (κ2) is 6.63. The van der Waals surface area contributed by atoms with E-state index in [0.717, 1.165) is 41.6 Å². The highest BCUT2D eigenvalue weighted by Gasteiger charge is 2.27. The first-order chi connectivity index (χ1) is 12.2. The predicted molar refractivity (Wildman–Crippen MR) is 93.3 cm³/mol. The molecule has 0 N–H and O–H groups in total. The summed E-state index contributed by atoms with van der Waals surface area (Å²) >= 11 is 0. The van der Waals surface area contributed by atoms with Gasteiger partial charge < -0.3 is 9.42 Å². The summed E-state index contributed by atoms with van der Waals surface area (Å²) in [4.78, 5) is 23.4. The summed E-state index contributed by atoms with van der Waals surface area (Å²) in [6.45, 7) is 3.39. The van der Waals surface area contributed by atoms with Gasteiger partial charge in [0.1, 0.15) is 5.76 Å². The van der Waals surface area contributed by atoms with Crippen molar-refractivity contribution in [2.24, 2.45) is 0 Å². The number of hydrogen-bond donors (Lipinski definition) is 0. The minimum atomic E-state index is -0.0463. The lowest BCUT2D eigenvalue weighted by Gasteiger charge is -2.31. The van der Waals surface area contributed by atoms with Gasteiger partial charge in [-0.1, -0.05) is 12.1 Å². The molecule has 0 unspecified atom stereocenters. The van der Waals surface area contributed by atoms with Crippen molar-refractivity contribution in [2.75, 3.05) is 13.1 Å². The van der Waals surface area contributed by atoms with Crippen LogP contribution >= 0.6 is 0 Å². The van der Waals surface area contributed by atoms with Crippen LogP contribution in [0.5, 0.6) is 0 Å². The number of likely N-dealkylation sites (tertiary alicyclic amines) is 1. The van der Waals surface area contributed by atoms with Crippen LogP contribution in [0.2, 0.25) is 0 Å². The molecule has 0 radical (unpaired) electrons. The minimum absolute atomic E-state index is 0.0463. The molecule has 0 bridgehead atoms. The zero-order valence-corrected chi connectivity index (χ0v) is 14.2. The Kier molecular flexibility index (Phi) is 4.17. The molecule has 0 atom stereocenters. The first kappa shape index (κ1) is 15.7. The number of piperidine rings is 1. The molecule has 25 heavy (non-hydrogen) atoms. The van der Waals surface area contributed by atoms with Gasteiger partial charge in [-0.15, -0.1) is 0 Å². The summed E-state index contributed by atoms with van der Waals surface area (Å²) in [6, 6.07) is 7.75. The Bertz CT molecular complexity index is 897. The van der Waals surface area contributed by atoms with Gasteiger partial charge >= 0.3 is 0 Å². The van der Waals surface area contributed by atoms with E-state index in [2.05, 4.69) is 21.2 Å². The van der Waals surface area contributed by atoms with E-state index in [4.69, 9.17) is 4.52 Å². The van der Waals surface area contributed by atoms with E-state index in [1.54, 1.807) is 12.3 Å². The molecule has 1 saturated heterocycles. The zero-order valence-electron chi connectivity index (χ0n) is 14.2. The summed E-state index contributed by atoms with van der Waals surface area (Å²) in [7, 11) is 0. The lowest BCUT2D eigenvalue weighted by atomic mass is 9.92. The van der Waals surface area contributed by atoms with E-state index < -0.39 is 0 Å². The van der Waals surface area contributed by atoms with Crippen molar-refractivity contribution < 1.29 is 9.32 Å². The van der Waals surface area contributed by atoms with Gasteiger partial charge in [0, 0.05) is 55.0 Å². The van der Waals surface area contributed by atoms with Crippen LogP contribution < -0.4 is 0 Å². The van der Waals surface area contributed by atoms with Crippen molar-refractivity contribution in [2.45, 2.75) is 32.1 Å². The first-order valence-corrected chi connectivity index (χ1v) is 8.70.